The van der Waals surface area contributed by atoms with Gasteiger partial charge in [-0.3, -0.25) is 33.3 Å². The molecule has 4 saturated heterocycles. The van der Waals surface area contributed by atoms with Gasteiger partial charge in [0.05, 0.1) is 97.1 Å². The number of methoxy groups -OCH3 is 1. The van der Waals surface area contributed by atoms with Crippen molar-refractivity contribution in [2.75, 3.05) is 120 Å². The molecule has 19 atom stereocenters. The molecule has 17 unspecified atom stereocenters. The van der Waals surface area contributed by atoms with Crippen molar-refractivity contribution in [2.24, 2.45) is 29.1 Å². The number of rotatable bonds is 57. The Morgan fingerprint density at radius 3 is 1.14 bits per heavy atom. The summed E-state index contributed by atoms with van der Waals surface area (Å²) in [5, 5.41) is 94.6. The average molecular weight is 1520 g/mol. The molecule has 4 heterocycles. The summed E-state index contributed by atoms with van der Waals surface area (Å²) in [4.78, 5) is 86.7. The van der Waals surface area contributed by atoms with Gasteiger partial charge in [-0.05, 0) is 70.6 Å². The highest BCUT2D eigenvalue weighted by Gasteiger charge is 2.45. The molecule has 4 aliphatic heterocycles. The van der Waals surface area contributed by atoms with Crippen molar-refractivity contribution in [2.45, 2.75) is 268 Å². The van der Waals surface area contributed by atoms with Gasteiger partial charge < -0.3 is 123 Å². The first-order chi connectivity index (χ1) is 49.6. The van der Waals surface area contributed by atoms with E-state index in [1.54, 1.807) is 20.8 Å². The van der Waals surface area contributed by atoms with Crippen LogP contribution in [0.25, 0.3) is 0 Å². The number of hydrogen-bond donors (Lipinski definition) is 11. The van der Waals surface area contributed by atoms with E-state index < -0.39 is 131 Å². The van der Waals surface area contributed by atoms with Crippen LogP contribution in [0.15, 0.2) is 0 Å². The van der Waals surface area contributed by atoms with E-state index in [1.807, 2.05) is 13.8 Å². The molecule has 4 fully saturated rings. The summed E-state index contributed by atoms with van der Waals surface area (Å²) < 4.78 is 82.4. The first-order valence-corrected chi connectivity index (χ1v) is 38.8. The molecule has 33 heteroatoms. The lowest BCUT2D eigenvalue weighted by molar-refractivity contribution is -0.282. The molecule has 0 radical (unpaired) electrons. The van der Waals surface area contributed by atoms with E-state index in [2.05, 4.69) is 15.2 Å². The molecule has 4 rings (SSSR count). The number of carbonyl (C=O) groups excluding carboxylic acids is 6. The molecule has 0 bridgehead atoms. The topological polar surface area (TPSA) is 469 Å². The Kier molecular flexibility index (Phi) is 49.1. The Hall–Kier alpha value is -3.07. The third kappa shape index (κ3) is 37.6. The highest BCUT2D eigenvalue weighted by Crippen LogP contribution is 2.43. The van der Waals surface area contributed by atoms with E-state index >= 15 is 0 Å². The van der Waals surface area contributed by atoms with E-state index in [0.29, 0.717) is 149 Å². The third-order valence-corrected chi connectivity index (χ3v) is 19.9. The molecular formula is C71H128N2O30P-. The first kappa shape index (κ1) is 95.1. The van der Waals surface area contributed by atoms with Crippen LogP contribution < -0.4 is 15.5 Å². The van der Waals surface area contributed by atoms with Crippen LogP contribution in [-0.2, 0) is 94.5 Å². The number of unbranched alkanes of at least 4 members (excludes halogenated alkanes) is 7. The summed E-state index contributed by atoms with van der Waals surface area (Å²) in [5.74, 6) is -1.49. The van der Waals surface area contributed by atoms with Crippen molar-refractivity contribution < 1.29 is 145 Å². The fourth-order valence-electron chi connectivity index (χ4n) is 12.0. The molecule has 0 saturated carbocycles. The number of aliphatic hydroxyl groups is 9. The molecule has 4 aliphatic rings. The molecule has 608 valence electrons. The Morgan fingerprint density at radius 1 is 0.452 bits per heavy atom. The summed E-state index contributed by atoms with van der Waals surface area (Å²) in [6.45, 7) is 10.8. The minimum atomic E-state index is -4.21. The molecule has 2 amide bonds. The van der Waals surface area contributed by atoms with Gasteiger partial charge in [0, 0.05) is 140 Å². The molecule has 0 aromatic carbocycles. The summed E-state index contributed by atoms with van der Waals surface area (Å²) in [6.07, 6.45) is -1.61. The maximum atomic E-state index is 12.8. The summed E-state index contributed by atoms with van der Waals surface area (Å²) >= 11 is 0. The molecule has 0 aromatic rings. The maximum absolute atomic E-state index is 12.8. The van der Waals surface area contributed by atoms with Crippen LogP contribution in [0.2, 0.25) is 0 Å². The van der Waals surface area contributed by atoms with E-state index in [9.17, 15) is 84.2 Å². The van der Waals surface area contributed by atoms with Crippen molar-refractivity contribution in [3.8, 4) is 0 Å². The van der Waals surface area contributed by atoms with Crippen LogP contribution in [0.5, 0.6) is 0 Å². The van der Waals surface area contributed by atoms with Crippen molar-refractivity contribution in [1.82, 2.24) is 10.6 Å². The SMILES string of the molecule is CC1C(OCCCCC(=O)CCCCCC(=O)CCOCC(C)(COCCC(=O)CCCCCC(=O)CCCCOC2OC(CO)C(O)C(O)C2C)COCCC(=O)NCCCNC(=O)CCCCOC2OC(CO)C(O)C(O)C2C)OC(CO)C(O)C1O.COC[C@H]1OC[C@@H](C)C1OP(=O)([O-])OC. The number of Topliss-reactive ketones (excluding diaryl/α,β-unsaturated/α-hetero) is 4. The standard InChI is InChI=1S/C63H112N2O24.C8H17O6P/c1-42-54(75)57(78)49(36-66)87-60(42)84-30-14-11-22-45(69)18-7-5-9-20-47(71)25-33-81-39-63(4,40-82-34-26-48(72)21-10-6-8-19-46(70)23-12-15-31-85-61-43(2)55(76)58(79)50(37-67)88-61)41-83-35-27-53(74)65-29-17-28-64-52(73)24-13-16-32-86-62-44(3)56(77)59(80)51(38-68)89-62;1-6-4-13-7(5-11-2)8(6)14-15(9,10)12-3/h42-44,49-51,54-62,66-68,75-80H,5-41H2,1-4H3,(H,64,73)(H,65,74);6-8H,4-5H2,1-3H3,(H,9,10)/p-1/t;6-,7-,8?/m.1/s1. The van der Waals surface area contributed by atoms with Gasteiger partial charge in [0.25, 0.3) is 7.82 Å². The molecule has 0 spiro atoms. The van der Waals surface area contributed by atoms with Crippen LogP contribution >= 0.6 is 7.82 Å². The van der Waals surface area contributed by atoms with Crippen molar-refractivity contribution >= 4 is 42.8 Å². The number of nitrogens with one attached hydrogen (secondary N) is 2. The lowest BCUT2D eigenvalue weighted by Gasteiger charge is -2.40. The summed E-state index contributed by atoms with van der Waals surface area (Å²) in [7, 11) is -1.61. The van der Waals surface area contributed by atoms with Crippen LogP contribution in [-0.4, -0.2) is 287 Å². The van der Waals surface area contributed by atoms with Gasteiger partial charge in [0.1, 0.15) is 65.9 Å². The zero-order valence-electron chi connectivity index (χ0n) is 62.5. The zero-order valence-corrected chi connectivity index (χ0v) is 63.4. The van der Waals surface area contributed by atoms with Gasteiger partial charge in [-0.15, -0.1) is 0 Å². The van der Waals surface area contributed by atoms with E-state index in [0.717, 1.165) is 20.0 Å². The fourth-order valence-corrected chi connectivity index (χ4v) is 12.8. The Morgan fingerprint density at radius 2 is 0.788 bits per heavy atom. The minimum Gasteiger partial charge on any atom is -0.756 e. The Labute approximate surface area is 613 Å². The molecule has 11 N–H and O–H groups in total. The third-order valence-electron chi connectivity index (χ3n) is 18.9. The van der Waals surface area contributed by atoms with Gasteiger partial charge in [0.15, 0.2) is 18.9 Å². The van der Waals surface area contributed by atoms with Crippen molar-refractivity contribution in [3.05, 3.63) is 0 Å². The number of phosphoric ester groups is 1. The Bertz CT molecular complexity index is 2200. The van der Waals surface area contributed by atoms with E-state index in [1.165, 1.54) is 7.11 Å². The zero-order chi connectivity index (χ0) is 77.0. The maximum Gasteiger partial charge on any atom is 0.267 e. The number of phosphoric acid groups is 1. The number of ketones is 4. The van der Waals surface area contributed by atoms with Gasteiger partial charge in [-0.2, -0.15) is 0 Å². The molecule has 32 nitrogen and oxygen atoms in total. The number of carbonyl (C=O) groups is 6. The second-order valence-electron chi connectivity index (χ2n) is 28.2. The predicted octanol–water partition coefficient (Wildman–Crippen LogP) is 1.97. The second-order valence-corrected chi connectivity index (χ2v) is 29.7. The number of ether oxygens (including phenoxy) is 11. The molecule has 0 aliphatic carbocycles. The molecule has 104 heavy (non-hydrogen) atoms. The van der Waals surface area contributed by atoms with Crippen LogP contribution in [0.1, 0.15) is 182 Å². The lowest BCUT2D eigenvalue weighted by atomic mass is 9.92. The number of hydrogen-bond acceptors (Lipinski definition) is 30. The van der Waals surface area contributed by atoms with E-state index in [4.69, 9.17) is 56.6 Å². The molecular weight excluding hydrogens is 1390 g/mol. The average Bonchev–Trinajstić information content (AvgIpc) is 1.26. The number of amides is 2. The van der Waals surface area contributed by atoms with Gasteiger partial charge in [-0.1, -0.05) is 47.5 Å². The van der Waals surface area contributed by atoms with E-state index in [-0.39, 0.29) is 119 Å². The van der Waals surface area contributed by atoms with Gasteiger partial charge >= 0.3 is 0 Å². The second kappa shape index (κ2) is 53.7. The van der Waals surface area contributed by atoms with Crippen molar-refractivity contribution in [1.29, 1.82) is 0 Å². The summed E-state index contributed by atoms with van der Waals surface area (Å²) in [6, 6.07) is 0. The Balaban J connectivity index is 0.00000165. The largest absolute Gasteiger partial charge is 0.756 e. The normalized spacial score (nSPS) is 28.9. The minimum absolute atomic E-state index is 0.00238. The van der Waals surface area contributed by atoms with Gasteiger partial charge in [0.2, 0.25) is 11.8 Å². The fraction of sp³-hybridized carbons (Fsp3) is 0.915. The summed E-state index contributed by atoms with van der Waals surface area (Å²) in [5.41, 5.74) is -0.686. The van der Waals surface area contributed by atoms with Gasteiger partial charge in [-0.25, -0.2) is 0 Å². The predicted molar refractivity (Wildman–Crippen MR) is 372 cm³/mol. The van der Waals surface area contributed by atoms with Crippen LogP contribution in [0, 0.1) is 29.1 Å². The van der Waals surface area contributed by atoms with Crippen molar-refractivity contribution in [3.63, 3.8) is 0 Å². The number of aliphatic hydroxyl groups excluding tert-OH is 9. The first-order valence-electron chi connectivity index (χ1n) is 37.4. The smallest absolute Gasteiger partial charge is 0.267 e. The van der Waals surface area contributed by atoms with Crippen LogP contribution in [0.4, 0.5) is 0 Å². The lowest BCUT2D eigenvalue weighted by Crippen LogP contribution is -2.55. The molecule has 0 aromatic heterocycles. The quantitative estimate of drug-likeness (QED) is 0.0306. The highest BCUT2D eigenvalue weighted by atomic mass is 31.2. The highest BCUT2D eigenvalue weighted by molar-refractivity contribution is 7.45. The monoisotopic (exact) mass is 1520 g/mol. The van der Waals surface area contributed by atoms with Crippen LogP contribution in [0.3, 0.4) is 0 Å².